The Morgan fingerprint density at radius 2 is 2.43 bits per heavy atom. The molecule has 0 rings (SSSR count). The van der Waals surface area contributed by atoms with Crippen molar-refractivity contribution in [1.82, 2.24) is 0 Å². The number of hydrogen-bond acceptors (Lipinski definition) is 2. The van der Waals surface area contributed by atoms with Gasteiger partial charge in [0.15, 0.2) is 6.29 Å². The number of hydrogen-bond donors (Lipinski definition) is 1. The van der Waals surface area contributed by atoms with Gasteiger partial charge in [-0.25, -0.2) is 0 Å². The predicted octanol–water partition coefficient (Wildman–Crippen LogP) is 0.565. The molecule has 1 radical (unpaired) electrons. The Morgan fingerprint density at radius 1 is 1.86 bits per heavy atom. The molecule has 0 aliphatic heterocycles. The van der Waals surface area contributed by atoms with Crippen LogP contribution in [0.3, 0.4) is 0 Å². The zero-order valence-corrected chi connectivity index (χ0v) is 4.55. The van der Waals surface area contributed by atoms with Gasteiger partial charge in [0.1, 0.15) is 0 Å². The van der Waals surface area contributed by atoms with Crippen LogP contribution in [0.4, 0.5) is 0 Å². The molecule has 0 bridgehead atoms. The van der Waals surface area contributed by atoms with Gasteiger partial charge in [0.25, 0.3) is 0 Å². The topological polar surface area (TPSA) is 29.5 Å². The molecule has 0 fully saturated rings. The third-order valence-electron chi connectivity index (χ3n) is 0.606. The molecule has 2 heteroatoms. The van der Waals surface area contributed by atoms with Crippen molar-refractivity contribution in [2.24, 2.45) is 0 Å². The monoisotopic (exact) mass is 103 g/mol. The van der Waals surface area contributed by atoms with E-state index in [-0.39, 0.29) is 0 Å². The van der Waals surface area contributed by atoms with E-state index < -0.39 is 6.29 Å². The Hall–Kier alpha value is -0.0800. The number of ether oxygens (including phenoxy) is 1. The van der Waals surface area contributed by atoms with Crippen LogP contribution >= 0.6 is 0 Å². The molecule has 0 spiro atoms. The van der Waals surface area contributed by atoms with Crippen molar-refractivity contribution in [3.63, 3.8) is 0 Å². The molecular formula is C5H11O2. The standard InChI is InChI=1S/C5H11O2/c1-3-5(6)7-4-2/h5-6H,1,3-4H2,2H3. The first-order chi connectivity index (χ1) is 3.31. The lowest BCUT2D eigenvalue weighted by Gasteiger charge is -2.04. The Bertz CT molecular complexity index is 37.1. The van der Waals surface area contributed by atoms with Gasteiger partial charge in [-0.2, -0.15) is 0 Å². The van der Waals surface area contributed by atoms with Gasteiger partial charge in [-0.05, 0) is 20.3 Å². The second kappa shape index (κ2) is 4.09. The Labute approximate surface area is 44.1 Å². The molecular weight excluding hydrogens is 92.1 g/mol. The van der Waals surface area contributed by atoms with E-state index in [0.29, 0.717) is 13.0 Å². The molecule has 0 aliphatic rings. The van der Waals surface area contributed by atoms with E-state index in [4.69, 9.17) is 5.11 Å². The molecule has 1 unspecified atom stereocenters. The molecule has 7 heavy (non-hydrogen) atoms. The summed E-state index contributed by atoms with van der Waals surface area (Å²) >= 11 is 0. The number of aliphatic hydroxyl groups is 1. The third-order valence-corrected chi connectivity index (χ3v) is 0.606. The summed E-state index contributed by atoms with van der Waals surface area (Å²) in [4.78, 5) is 0. The largest absolute Gasteiger partial charge is 0.368 e. The Kier molecular flexibility index (Phi) is 4.04. The molecule has 1 N–H and O–H groups in total. The molecule has 2 nitrogen and oxygen atoms in total. The summed E-state index contributed by atoms with van der Waals surface area (Å²) in [5.41, 5.74) is 0. The molecule has 0 aromatic carbocycles. The molecule has 0 aromatic rings. The zero-order valence-electron chi connectivity index (χ0n) is 4.55. The lowest BCUT2D eigenvalue weighted by molar-refractivity contribution is -0.0915. The maximum atomic E-state index is 8.57. The van der Waals surface area contributed by atoms with Crippen LogP contribution < -0.4 is 0 Å². The molecule has 0 saturated carbocycles. The maximum Gasteiger partial charge on any atom is 0.154 e. The molecule has 0 heterocycles. The van der Waals surface area contributed by atoms with Crippen LogP contribution in [0, 0.1) is 6.92 Å². The second-order valence-corrected chi connectivity index (χ2v) is 1.20. The highest BCUT2D eigenvalue weighted by molar-refractivity contribution is 4.40. The van der Waals surface area contributed by atoms with Gasteiger partial charge in [0.05, 0.1) is 0 Å². The van der Waals surface area contributed by atoms with Crippen LogP contribution in [0.1, 0.15) is 13.3 Å². The minimum Gasteiger partial charge on any atom is -0.368 e. The summed E-state index contributed by atoms with van der Waals surface area (Å²) in [5, 5.41) is 8.57. The lowest BCUT2D eigenvalue weighted by atomic mass is 10.5. The van der Waals surface area contributed by atoms with Gasteiger partial charge < -0.3 is 9.84 Å². The van der Waals surface area contributed by atoms with Gasteiger partial charge in [0.2, 0.25) is 0 Å². The third kappa shape index (κ3) is 3.76. The second-order valence-electron chi connectivity index (χ2n) is 1.20. The van der Waals surface area contributed by atoms with Crippen molar-refractivity contribution < 1.29 is 9.84 Å². The molecule has 1 atom stereocenters. The van der Waals surface area contributed by atoms with Gasteiger partial charge in [-0.15, -0.1) is 0 Å². The Balaban J connectivity index is 2.83. The first kappa shape index (κ1) is 6.92. The summed E-state index contributed by atoms with van der Waals surface area (Å²) in [6.45, 7) is 5.81. The average molecular weight is 103 g/mol. The van der Waals surface area contributed by atoms with E-state index in [1.165, 1.54) is 0 Å². The minimum atomic E-state index is -0.662. The maximum absolute atomic E-state index is 8.57. The minimum absolute atomic E-state index is 0.424. The van der Waals surface area contributed by atoms with E-state index in [9.17, 15) is 0 Å². The quantitative estimate of drug-likeness (QED) is 0.529. The molecule has 0 saturated heterocycles. The number of rotatable bonds is 3. The smallest absolute Gasteiger partial charge is 0.154 e. The lowest BCUT2D eigenvalue weighted by Crippen LogP contribution is -2.08. The first-order valence-corrected chi connectivity index (χ1v) is 2.40. The van der Waals surface area contributed by atoms with Crippen molar-refractivity contribution in [3.05, 3.63) is 6.92 Å². The van der Waals surface area contributed by atoms with Gasteiger partial charge in [-0.3, -0.25) is 0 Å². The SMILES string of the molecule is [CH2]CC(O)OCC. The molecule has 0 aromatic heterocycles. The summed E-state index contributed by atoms with van der Waals surface area (Å²) in [5.74, 6) is 0. The summed E-state index contributed by atoms with van der Waals surface area (Å²) in [6, 6.07) is 0. The predicted molar refractivity (Wildman–Crippen MR) is 27.6 cm³/mol. The highest BCUT2D eigenvalue weighted by Gasteiger charge is 1.93. The van der Waals surface area contributed by atoms with Crippen molar-refractivity contribution in [1.29, 1.82) is 0 Å². The summed E-state index contributed by atoms with van der Waals surface area (Å²) < 4.78 is 4.68. The van der Waals surface area contributed by atoms with Gasteiger partial charge >= 0.3 is 0 Å². The fourth-order valence-electron chi connectivity index (χ4n) is 0.276. The highest BCUT2D eigenvalue weighted by Crippen LogP contribution is 1.88. The van der Waals surface area contributed by atoms with E-state index in [2.05, 4.69) is 11.7 Å². The van der Waals surface area contributed by atoms with E-state index in [0.717, 1.165) is 0 Å². The van der Waals surface area contributed by atoms with Gasteiger partial charge in [0, 0.05) is 6.61 Å². The zero-order chi connectivity index (χ0) is 5.70. The van der Waals surface area contributed by atoms with Gasteiger partial charge in [-0.1, -0.05) is 0 Å². The van der Waals surface area contributed by atoms with Crippen LogP contribution in [0.25, 0.3) is 0 Å². The summed E-state index contributed by atoms with van der Waals surface area (Å²) in [6.07, 6.45) is -0.238. The van der Waals surface area contributed by atoms with Crippen LogP contribution in [-0.4, -0.2) is 18.0 Å². The van der Waals surface area contributed by atoms with Crippen LogP contribution in [-0.2, 0) is 4.74 Å². The van der Waals surface area contributed by atoms with E-state index in [1.807, 2.05) is 6.92 Å². The van der Waals surface area contributed by atoms with E-state index >= 15 is 0 Å². The number of aliphatic hydroxyl groups excluding tert-OH is 1. The fraction of sp³-hybridized carbons (Fsp3) is 0.800. The summed E-state index contributed by atoms with van der Waals surface area (Å²) in [7, 11) is 0. The fourth-order valence-corrected chi connectivity index (χ4v) is 0.276. The average Bonchev–Trinajstić information content (AvgIpc) is 1.68. The van der Waals surface area contributed by atoms with E-state index in [1.54, 1.807) is 0 Å². The van der Waals surface area contributed by atoms with Crippen molar-refractivity contribution in [2.45, 2.75) is 19.6 Å². The normalized spacial score (nSPS) is 14.1. The van der Waals surface area contributed by atoms with Crippen molar-refractivity contribution in [2.75, 3.05) is 6.61 Å². The molecule has 0 aliphatic carbocycles. The van der Waals surface area contributed by atoms with Crippen LogP contribution in [0.15, 0.2) is 0 Å². The Morgan fingerprint density at radius 3 is 2.57 bits per heavy atom. The van der Waals surface area contributed by atoms with Crippen molar-refractivity contribution >= 4 is 0 Å². The molecule has 43 valence electrons. The first-order valence-electron chi connectivity index (χ1n) is 2.40. The highest BCUT2D eigenvalue weighted by atomic mass is 16.6. The van der Waals surface area contributed by atoms with Crippen LogP contribution in [0.2, 0.25) is 0 Å². The van der Waals surface area contributed by atoms with Crippen LogP contribution in [0.5, 0.6) is 0 Å². The molecule has 0 amide bonds. The van der Waals surface area contributed by atoms with Crippen molar-refractivity contribution in [3.8, 4) is 0 Å².